The summed E-state index contributed by atoms with van der Waals surface area (Å²) in [5.74, 6) is 0. The van der Waals surface area contributed by atoms with Crippen molar-refractivity contribution in [1.82, 2.24) is 0 Å². The summed E-state index contributed by atoms with van der Waals surface area (Å²) in [6.45, 7) is 4.80. The molecule has 0 amide bonds. The lowest BCUT2D eigenvalue weighted by molar-refractivity contribution is 0.730. The summed E-state index contributed by atoms with van der Waals surface area (Å²) < 4.78 is 0. The van der Waals surface area contributed by atoms with Gasteiger partial charge in [0.25, 0.3) is 0 Å². The van der Waals surface area contributed by atoms with Gasteiger partial charge in [-0.15, -0.1) is 0 Å². The van der Waals surface area contributed by atoms with Gasteiger partial charge < -0.3 is 0 Å². The molecule has 2 fully saturated rings. The minimum Gasteiger partial charge on any atom is -0.166 e. The molecule has 15 heavy (non-hydrogen) atoms. The first-order chi connectivity index (χ1) is 7.15. The Morgan fingerprint density at radius 1 is 0.867 bits per heavy atom. The molecule has 0 N–H and O–H groups in total. The lowest BCUT2D eigenvalue weighted by atomic mass is 10.3. The smallest absolute Gasteiger partial charge is 0.165 e. The number of rotatable bonds is 3. The first-order valence-corrected chi connectivity index (χ1v) is 10.1. The van der Waals surface area contributed by atoms with E-state index in [1.807, 2.05) is 0 Å². The predicted octanol–water partition coefficient (Wildman–Crippen LogP) is 5.47. The predicted molar refractivity (Wildman–Crippen MR) is 71.1 cm³/mol. The molecule has 0 atom stereocenters. The van der Waals surface area contributed by atoms with Gasteiger partial charge in [0.15, 0.2) is 7.38 Å². The highest BCUT2D eigenvalue weighted by Gasteiger charge is 2.49. The molecule has 88 valence electrons. The Hall–Kier alpha value is 0.507. The van der Waals surface area contributed by atoms with E-state index in [-0.39, 0.29) is 0 Å². The third-order valence-electron chi connectivity index (χ3n) is 4.85. The van der Waals surface area contributed by atoms with Crippen LogP contribution in [0.3, 0.4) is 0 Å². The topological polar surface area (TPSA) is 0 Å². The number of hydrogen-bond donors (Lipinski definition) is 0. The molecule has 0 heterocycles. The van der Waals surface area contributed by atoms with E-state index in [2.05, 4.69) is 13.8 Å². The van der Waals surface area contributed by atoms with Crippen LogP contribution < -0.4 is 0 Å². The molecule has 0 aliphatic heterocycles. The highest BCUT2D eigenvalue weighted by molar-refractivity contribution is 7.22. The standard InChI is InChI=1S/C13H25ClSi/c1-11(2)15(14,12-7-3-4-8-12)13-9-5-6-10-13/h11-13H,3-10H2,1-2H3. The van der Waals surface area contributed by atoms with Gasteiger partial charge in [0.2, 0.25) is 0 Å². The van der Waals surface area contributed by atoms with E-state index < -0.39 is 7.38 Å². The van der Waals surface area contributed by atoms with Gasteiger partial charge in [-0.1, -0.05) is 65.2 Å². The van der Waals surface area contributed by atoms with Gasteiger partial charge >= 0.3 is 0 Å². The highest BCUT2D eigenvalue weighted by atomic mass is 35.6. The molecule has 0 aromatic carbocycles. The van der Waals surface area contributed by atoms with Crippen molar-refractivity contribution in [1.29, 1.82) is 0 Å². The number of halogens is 1. The quantitative estimate of drug-likeness (QED) is 0.456. The normalized spacial score (nSPS) is 25.6. The zero-order valence-corrected chi connectivity index (χ0v) is 12.0. The summed E-state index contributed by atoms with van der Waals surface area (Å²) in [7, 11) is -1.49. The summed E-state index contributed by atoms with van der Waals surface area (Å²) in [4.78, 5) is 0. The molecule has 0 unspecified atom stereocenters. The first-order valence-electron chi connectivity index (χ1n) is 6.84. The Morgan fingerprint density at radius 2 is 1.20 bits per heavy atom. The fourth-order valence-electron chi connectivity index (χ4n) is 4.01. The van der Waals surface area contributed by atoms with Crippen LogP contribution in [0.5, 0.6) is 0 Å². The van der Waals surface area contributed by atoms with Crippen molar-refractivity contribution in [2.24, 2.45) is 0 Å². The van der Waals surface area contributed by atoms with Crippen LogP contribution in [0.2, 0.25) is 16.6 Å². The van der Waals surface area contributed by atoms with Crippen molar-refractivity contribution in [3.8, 4) is 0 Å². The zero-order chi connectivity index (χ0) is 10.9. The van der Waals surface area contributed by atoms with Crippen molar-refractivity contribution in [2.75, 3.05) is 0 Å². The van der Waals surface area contributed by atoms with Crippen molar-refractivity contribution >= 4 is 18.5 Å². The van der Waals surface area contributed by atoms with Crippen molar-refractivity contribution in [2.45, 2.75) is 81.8 Å². The highest BCUT2D eigenvalue weighted by Crippen LogP contribution is 2.56. The van der Waals surface area contributed by atoms with E-state index in [0.717, 1.165) is 16.6 Å². The Bertz CT molecular complexity index is 187. The second kappa shape index (κ2) is 4.79. The largest absolute Gasteiger partial charge is 0.166 e. The third-order valence-corrected chi connectivity index (χ3v) is 13.4. The molecule has 0 nitrogen and oxygen atoms in total. The van der Waals surface area contributed by atoms with E-state index in [0.29, 0.717) is 0 Å². The minimum atomic E-state index is -1.49. The van der Waals surface area contributed by atoms with Crippen LogP contribution in [-0.2, 0) is 0 Å². The maximum absolute atomic E-state index is 7.23. The molecule has 2 saturated carbocycles. The molecular weight excluding hydrogens is 220 g/mol. The van der Waals surface area contributed by atoms with Crippen molar-refractivity contribution in [3.63, 3.8) is 0 Å². The molecule has 0 radical (unpaired) electrons. The monoisotopic (exact) mass is 244 g/mol. The fraction of sp³-hybridized carbons (Fsp3) is 1.00. The van der Waals surface area contributed by atoms with E-state index in [4.69, 9.17) is 11.1 Å². The molecule has 2 aliphatic carbocycles. The van der Waals surface area contributed by atoms with Crippen LogP contribution >= 0.6 is 11.1 Å². The summed E-state index contributed by atoms with van der Waals surface area (Å²) in [5, 5.41) is 0. The summed E-state index contributed by atoms with van der Waals surface area (Å²) in [6, 6.07) is 0. The molecular formula is C13H25ClSi. The molecule has 0 aromatic rings. The van der Waals surface area contributed by atoms with Crippen LogP contribution in [0.15, 0.2) is 0 Å². The molecule has 0 saturated heterocycles. The van der Waals surface area contributed by atoms with Gasteiger partial charge in [0, 0.05) is 0 Å². The molecule has 2 rings (SSSR count). The maximum Gasteiger partial charge on any atom is 0.165 e. The van der Waals surface area contributed by atoms with Crippen LogP contribution in [0.1, 0.15) is 65.2 Å². The van der Waals surface area contributed by atoms with Crippen LogP contribution in [-0.4, -0.2) is 7.38 Å². The van der Waals surface area contributed by atoms with Gasteiger partial charge in [0.05, 0.1) is 0 Å². The van der Waals surface area contributed by atoms with Crippen LogP contribution in [0, 0.1) is 0 Å². The molecule has 2 heteroatoms. The minimum absolute atomic E-state index is 0.783. The van der Waals surface area contributed by atoms with Gasteiger partial charge in [-0.25, -0.2) is 0 Å². The van der Waals surface area contributed by atoms with E-state index in [1.165, 1.54) is 51.4 Å². The van der Waals surface area contributed by atoms with Gasteiger partial charge in [-0.3, -0.25) is 0 Å². The van der Waals surface area contributed by atoms with Gasteiger partial charge in [0.1, 0.15) is 0 Å². The summed E-state index contributed by atoms with van der Waals surface area (Å²) >= 11 is 7.23. The van der Waals surface area contributed by atoms with Crippen LogP contribution in [0.25, 0.3) is 0 Å². The lowest BCUT2D eigenvalue weighted by Gasteiger charge is -2.39. The van der Waals surface area contributed by atoms with E-state index in [1.54, 1.807) is 0 Å². The SMILES string of the molecule is CC(C)[Si](Cl)(C1CCCC1)C1CCCC1. The zero-order valence-electron chi connectivity index (χ0n) is 10.3. The first kappa shape index (κ1) is 12.0. The average molecular weight is 245 g/mol. The van der Waals surface area contributed by atoms with E-state index >= 15 is 0 Å². The second-order valence-electron chi connectivity index (χ2n) is 5.94. The molecule has 0 aromatic heterocycles. The van der Waals surface area contributed by atoms with Crippen molar-refractivity contribution in [3.05, 3.63) is 0 Å². The van der Waals surface area contributed by atoms with Gasteiger partial charge in [-0.05, 0) is 16.6 Å². The summed E-state index contributed by atoms with van der Waals surface area (Å²) in [5.41, 5.74) is 2.68. The average Bonchev–Trinajstić information content (AvgIpc) is 2.89. The summed E-state index contributed by atoms with van der Waals surface area (Å²) in [6.07, 6.45) is 11.6. The van der Waals surface area contributed by atoms with Crippen LogP contribution in [0.4, 0.5) is 0 Å². The Morgan fingerprint density at radius 3 is 1.47 bits per heavy atom. The Balaban J connectivity index is 2.14. The fourth-order valence-corrected chi connectivity index (χ4v) is 10.5. The van der Waals surface area contributed by atoms with E-state index in [9.17, 15) is 0 Å². The molecule has 0 bridgehead atoms. The number of hydrogen-bond acceptors (Lipinski definition) is 0. The Labute approximate surface area is 100 Å². The second-order valence-corrected chi connectivity index (χ2v) is 12.4. The molecule has 0 spiro atoms. The van der Waals surface area contributed by atoms with Crippen molar-refractivity contribution < 1.29 is 0 Å². The van der Waals surface area contributed by atoms with Gasteiger partial charge in [-0.2, -0.15) is 11.1 Å². The third kappa shape index (κ3) is 2.15. The maximum atomic E-state index is 7.23. The lowest BCUT2D eigenvalue weighted by Crippen LogP contribution is -2.40. The molecule has 2 aliphatic rings. The Kier molecular flexibility index (Phi) is 3.82.